The fraction of sp³-hybridized carbons (Fsp3) is 0.0370. The van der Waals surface area contributed by atoms with Crippen LogP contribution in [0.1, 0.15) is 17.0 Å². The molecule has 5 aromatic rings. The summed E-state index contributed by atoms with van der Waals surface area (Å²) in [6, 6.07) is 33.2. The van der Waals surface area contributed by atoms with Gasteiger partial charge in [-0.05, 0) is 41.5 Å². The Hall–Kier alpha value is -3.47. The van der Waals surface area contributed by atoms with Gasteiger partial charge in [0.2, 0.25) is 5.91 Å². The van der Waals surface area contributed by atoms with Crippen LogP contribution in [0.25, 0.3) is 20.8 Å². The molecule has 1 aromatic heterocycles. The molecule has 0 unspecified atom stereocenters. The van der Waals surface area contributed by atoms with Gasteiger partial charge in [0, 0.05) is 11.3 Å². The highest BCUT2D eigenvalue weighted by Gasteiger charge is 2.23. The van der Waals surface area contributed by atoms with Crippen molar-refractivity contribution in [2.45, 2.75) is 5.92 Å². The first-order valence-electron chi connectivity index (χ1n) is 10.3. The van der Waals surface area contributed by atoms with Crippen molar-refractivity contribution in [3.8, 4) is 10.6 Å². The topological polar surface area (TPSA) is 42.0 Å². The molecule has 5 rings (SSSR count). The Morgan fingerprint density at radius 2 is 1.44 bits per heavy atom. The second-order valence-electron chi connectivity index (χ2n) is 7.42. The maximum absolute atomic E-state index is 13.3. The summed E-state index contributed by atoms with van der Waals surface area (Å²) in [7, 11) is 0. The Kier molecular flexibility index (Phi) is 5.71. The van der Waals surface area contributed by atoms with Crippen LogP contribution in [0.5, 0.6) is 0 Å². The van der Waals surface area contributed by atoms with Crippen LogP contribution in [-0.2, 0) is 4.79 Å². The maximum atomic E-state index is 13.3. The van der Waals surface area contributed by atoms with Gasteiger partial charge in [-0.3, -0.25) is 4.79 Å². The predicted octanol–water partition coefficient (Wildman–Crippen LogP) is 7.39. The first-order chi connectivity index (χ1) is 15.7. The molecule has 0 saturated carbocycles. The molecule has 1 heterocycles. The zero-order chi connectivity index (χ0) is 21.9. The van der Waals surface area contributed by atoms with Gasteiger partial charge < -0.3 is 5.32 Å². The fourth-order valence-electron chi connectivity index (χ4n) is 3.75. The van der Waals surface area contributed by atoms with E-state index in [4.69, 9.17) is 11.6 Å². The molecular formula is C27H19ClN2OS. The van der Waals surface area contributed by atoms with Crippen molar-refractivity contribution in [3.63, 3.8) is 0 Å². The summed E-state index contributed by atoms with van der Waals surface area (Å²) < 4.78 is 1.12. The van der Waals surface area contributed by atoms with Crippen molar-refractivity contribution in [2.24, 2.45) is 0 Å². The van der Waals surface area contributed by atoms with E-state index in [-0.39, 0.29) is 5.91 Å². The van der Waals surface area contributed by atoms with E-state index in [1.54, 1.807) is 17.4 Å². The Morgan fingerprint density at radius 1 is 0.812 bits per heavy atom. The highest BCUT2D eigenvalue weighted by Crippen LogP contribution is 2.36. The van der Waals surface area contributed by atoms with Gasteiger partial charge in [0.25, 0.3) is 0 Å². The second kappa shape index (κ2) is 8.95. The lowest BCUT2D eigenvalue weighted by Crippen LogP contribution is -2.22. The van der Waals surface area contributed by atoms with Crippen LogP contribution >= 0.6 is 22.9 Å². The van der Waals surface area contributed by atoms with Gasteiger partial charge in [0.1, 0.15) is 5.01 Å². The fourth-order valence-corrected chi connectivity index (χ4v) is 5.09. The molecule has 0 atom stereocenters. The molecule has 0 fully saturated rings. The molecule has 1 amide bonds. The molecule has 0 aliphatic rings. The van der Waals surface area contributed by atoms with Crippen LogP contribution in [0.3, 0.4) is 0 Å². The monoisotopic (exact) mass is 454 g/mol. The van der Waals surface area contributed by atoms with Gasteiger partial charge in [-0.1, -0.05) is 84.4 Å². The molecule has 156 valence electrons. The average Bonchev–Trinajstić information content (AvgIpc) is 3.25. The molecule has 5 heteroatoms. The first kappa shape index (κ1) is 20.4. The van der Waals surface area contributed by atoms with E-state index in [9.17, 15) is 4.79 Å². The smallest absolute Gasteiger partial charge is 0.236 e. The summed E-state index contributed by atoms with van der Waals surface area (Å²) in [6.07, 6.45) is 0. The lowest BCUT2D eigenvalue weighted by atomic mass is 9.90. The van der Waals surface area contributed by atoms with Crippen molar-refractivity contribution in [1.29, 1.82) is 0 Å². The van der Waals surface area contributed by atoms with E-state index in [0.29, 0.717) is 10.7 Å². The van der Waals surface area contributed by atoms with Gasteiger partial charge in [-0.25, -0.2) is 4.98 Å². The average molecular weight is 455 g/mol. The predicted molar refractivity (Wildman–Crippen MR) is 133 cm³/mol. The summed E-state index contributed by atoms with van der Waals surface area (Å²) in [4.78, 5) is 18.0. The van der Waals surface area contributed by atoms with Crippen LogP contribution in [0.4, 0.5) is 5.69 Å². The van der Waals surface area contributed by atoms with Gasteiger partial charge in [-0.2, -0.15) is 0 Å². The second-order valence-corrected chi connectivity index (χ2v) is 8.86. The highest BCUT2D eigenvalue weighted by molar-refractivity contribution is 7.21. The summed E-state index contributed by atoms with van der Waals surface area (Å²) in [5.41, 5.74) is 4.34. The maximum Gasteiger partial charge on any atom is 0.236 e. The number of hydrogen-bond acceptors (Lipinski definition) is 3. The zero-order valence-corrected chi connectivity index (χ0v) is 18.6. The van der Waals surface area contributed by atoms with Crippen molar-refractivity contribution in [3.05, 3.63) is 119 Å². The molecule has 0 aliphatic carbocycles. The Bertz CT molecular complexity index is 1310. The van der Waals surface area contributed by atoms with E-state index >= 15 is 0 Å². The van der Waals surface area contributed by atoms with Gasteiger partial charge in [-0.15, -0.1) is 11.3 Å². The largest absolute Gasteiger partial charge is 0.325 e. The number of nitrogens with one attached hydrogen (secondary N) is 1. The van der Waals surface area contributed by atoms with E-state index in [0.717, 1.165) is 31.9 Å². The number of nitrogens with zero attached hydrogens (tertiary/aromatic N) is 1. The third-order valence-electron chi connectivity index (χ3n) is 5.29. The third kappa shape index (κ3) is 4.15. The number of carbonyl (C=O) groups excluding carboxylic acids is 1. The quantitative estimate of drug-likeness (QED) is 0.301. The number of fused-ring (bicyclic) bond motifs is 1. The van der Waals surface area contributed by atoms with Crippen LogP contribution in [0, 0.1) is 0 Å². The summed E-state index contributed by atoms with van der Waals surface area (Å²) in [6.45, 7) is 0. The minimum absolute atomic E-state index is 0.105. The standard InChI is InChI=1S/C27H19ClN2OS/c28-22-17-20(15-16-21(22)27-30-23-13-7-8-14-24(23)32-27)29-26(31)25(18-9-3-1-4-10-18)19-11-5-2-6-12-19/h1-17,25H,(H,29,31). The normalized spacial score (nSPS) is 11.1. The van der Waals surface area contributed by atoms with Crippen molar-refractivity contribution in [1.82, 2.24) is 4.98 Å². The summed E-state index contributed by atoms with van der Waals surface area (Å²) in [5, 5.41) is 4.46. The van der Waals surface area contributed by atoms with E-state index < -0.39 is 5.92 Å². The van der Waals surface area contributed by atoms with Gasteiger partial charge in [0.15, 0.2) is 0 Å². The Morgan fingerprint density at radius 3 is 2.06 bits per heavy atom. The minimum atomic E-state index is -0.417. The number of anilines is 1. The molecular weight excluding hydrogens is 436 g/mol. The van der Waals surface area contributed by atoms with Crippen LogP contribution in [-0.4, -0.2) is 10.9 Å². The number of thiazole rings is 1. The Balaban J connectivity index is 1.43. The Labute approximate surface area is 195 Å². The van der Waals surface area contributed by atoms with E-state index in [1.807, 2.05) is 97.1 Å². The zero-order valence-electron chi connectivity index (χ0n) is 17.0. The number of para-hydroxylation sites is 1. The minimum Gasteiger partial charge on any atom is -0.325 e. The molecule has 4 aromatic carbocycles. The van der Waals surface area contributed by atoms with Crippen LogP contribution in [0.15, 0.2) is 103 Å². The number of aromatic nitrogens is 1. The van der Waals surface area contributed by atoms with Crippen molar-refractivity contribution in [2.75, 3.05) is 5.32 Å². The number of halogens is 1. The van der Waals surface area contributed by atoms with Crippen molar-refractivity contribution < 1.29 is 4.79 Å². The molecule has 0 aliphatic heterocycles. The molecule has 0 radical (unpaired) electrons. The summed E-state index contributed by atoms with van der Waals surface area (Å²) in [5.74, 6) is -0.522. The lowest BCUT2D eigenvalue weighted by Gasteiger charge is -2.18. The molecule has 0 bridgehead atoms. The SMILES string of the molecule is O=C(Nc1ccc(-c2nc3ccccc3s2)c(Cl)c1)C(c1ccccc1)c1ccccc1. The van der Waals surface area contributed by atoms with Gasteiger partial charge in [0.05, 0.1) is 21.2 Å². The summed E-state index contributed by atoms with van der Waals surface area (Å²) >= 11 is 8.20. The van der Waals surface area contributed by atoms with Crippen LogP contribution in [0.2, 0.25) is 5.02 Å². The van der Waals surface area contributed by atoms with Crippen LogP contribution < -0.4 is 5.32 Å². The highest BCUT2D eigenvalue weighted by atomic mass is 35.5. The van der Waals surface area contributed by atoms with Crippen molar-refractivity contribution >= 4 is 44.7 Å². The number of hydrogen-bond donors (Lipinski definition) is 1. The lowest BCUT2D eigenvalue weighted by molar-refractivity contribution is -0.116. The number of benzene rings is 4. The molecule has 1 N–H and O–H groups in total. The molecule has 32 heavy (non-hydrogen) atoms. The van der Waals surface area contributed by atoms with E-state index in [1.165, 1.54) is 0 Å². The number of amides is 1. The van der Waals surface area contributed by atoms with E-state index in [2.05, 4.69) is 10.3 Å². The third-order valence-corrected chi connectivity index (χ3v) is 6.67. The number of carbonyl (C=O) groups is 1. The molecule has 0 saturated heterocycles. The first-order valence-corrected chi connectivity index (χ1v) is 11.4. The van der Waals surface area contributed by atoms with Gasteiger partial charge >= 0.3 is 0 Å². The number of rotatable bonds is 5. The molecule has 0 spiro atoms. The molecule has 3 nitrogen and oxygen atoms in total.